The van der Waals surface area contributed by atoms with Gasteiger partial charge in [-0.3, -0.25) is 0 Å². The summed E-state index contributed by atoms with van der Waals surface area (Å²) >= 11 is 0. The van der Waals surface area contributed by atoms with Crippen molar-refractivity contribution >= 4 is 0 Å². The van der Waals surface area contributed by atoms with Crippen molar-refractivity contribution in [3.63, 3.8) is 0 Å². The highest BCUT2D eigenvalue weighted by atomic mass is 19.4. The molecule has 0 atom stereocenters. The molecule has 0 aliphatic heterocycles. The molecule has 2 nitrogen and oxygen atoms in total. The first-order valence-electron chi connectivity index (χ1n) is 4.26. The van der Waals surface area contributed by atoms with Crippen LogP contribution in [-0.2, 0) is 9.47 Å². The van der Waals surface area contributed by atoms with Gasteiger partial charge in [0.25, 0.3) is 0 Å². The molecule has 0 rings (SSSR count). The third-order valence-electron chi connectivity index (χ3n) is 1.25. The summed E-state index contributed by atoms with van der Waals surface area (Å²) in [4.78, 5) is 0. The van der Waals surface area contributed by atoms with Crippen molar-refractivity contribution in [1.82, 2.24) is 0 Å². The molecule has 0 saturated heterocycles. The Morgan fingerprint density at radius 2 is 1.41 bits per heavy atom. The summed E-state index contributed by atoms with van der Waals surface area (Å²) < 4.78 is 78.6. The monoisotopic (exact) mass is 264 g/mol. The van der Waals surface area contributed by atoms with E-state index in [1.165, 1.54) is 0 Å². The molecule has 0 spiro atoms. The minimum Gasteiger partial charge on any atom is -0.489 e. The first-order chi connectivity index (χ1) is 7.49. The van der Waals surface area contributed by atoms with E-state index in [2.05, 4.69) is 16.1 Å². The van der Waals surface area contributed by atoms with E-state index in [9.17, 15) is 26.3 Å². The minimum atomic E-state index is -4.53. The van der Waals surface area contributed by atoms with Gasteiger partial charge in [-0.1, -0.05) is 6.58 Å². The van der Waals surface area contributed by atoms with Gasteiger partial charge in [0.05, 0.1) is 5.76 Å². The molecule has 100 valence electrons. The highest BCUT2D eigenvalue weighted by molar-refractivity contribution is 5.10. The van der Waals surface area contributed by atoms with Crippen LogP contribution in [0, 0.1) is 0 Å². The Morgan fingerprint density at radius 1 is 1.00 bits per heavy atom. The Morgan fingerprint density at radius 3 is 1.82 bits per heavy atom. The lowest BCUT2D eigenvalue weighted by Crippen LogP contribution is -2.17. The fraction of sp³-hybridized carbons (Fsp3) is 0.556. The third kappa shape index (κ3) is 10.9. The van der Waals surface area contributed by atoms with Gasteiger partial charge in [0, 0.05) is 6.08 Å². The molecule has 0 bridgehead atoms. The van der Waals surface area contributed by atoms with Gasteiger partial charge in [-0.2, -0.15) is 26.3 Å². The average Bonchev–Trinajstić information content (AvgIpc) is 2.09. The Balaban J connectivity index is 4.08. The molecule has 17 heavy (non-hydrogen) atoms. The standard InChI is InChI=1S/C9H10F6O2/c1-6(16-4-8(10,11)12)3-7(2)17-5-9(13,14)15/h3H,1,4-5H2,2H3/b7-3+. The van der Waals surface area contributed by atoms with Crippen molar-refractivity contribution in [3.05, 3.63) is 24.2 Å². The summed E-state index contributed by atoms with van der Waals surface area (Å²) in [6.45, 7) is 1.14. The van der Waals surface area contributed by atoms with Gasteiger partial charge < -0.3 is 9.47 Å². The fourth-order valence-corrected chi connectivity index (χ4v) is 0.680. The predicted octanol–water partition coefficient (Wildman–Crippen LogP) is 3.56. The van der Waals surface area contributed by atoms with Crippen molar-refractivity contribution in [2.24, 2.45) is 0 Å². The average molecular weight is 264 g/mol. The predicted molar refractivity (Wildman–Crippen MR) is 46.9 cm³/mol. The number of halogens is 6. The fourth-order valence-electron chi connectivity index (χ4n) is 0.680. The molecule has 0 N–H and O–H groups in total. The van der Waals surface area contributed by atoms with Crippen LogP contribution in [0.15, 0.2) is 24.2 Å². The van der Waals surface area contributed by atoms with Crippen LogP contribution in [-0.4, -0.2) is 25.6 Å². The third-order valence-corrected chi connectivity index (χ3v) is 1.25. The van der Waals surface area contributed by atoms with Crippen LogP contribution in [0.5, 0.6) is 0 Å². The lowest BCUT2D eigenvalue weighted by molar-refractivity contribution is -0.165. The molecule has 8 heteroatoms. The van der Waals surface area contributed by atoms with Crippen LogP contribution in [0.4, 0.5) is 26.3 Å². The highest BCUT2D eigenvalue weighted by Gasteiger charge is 2.29. The van der Waals surface area contributed by atoms with Crippen LogP contribution >= 0.6 is 0 Å². The van der Waals surface area contributed by atoms with E-state index in [0.717, 1.165) is 13.0 Å². The van der Waals surface area contributed by atoms with E-state index >= 15 is 0 Å². The van der Waals surface area contributed by atoms with Gasteiger partial charge in [0.15, 0.2) is 13.2 Å². The second-order valence-corrected chi connectivity index (χ2v) is 3.03. The topological polar surface area (TPSA) is 18.5 Å². The molecule has 0 saturated carbocycles. The van der Waals surface area contributed by atoms with Crippen molar-refractivity contribution < 1.29 is 35.8 Å². The van der Waals surface area contributed by atoms with Crippen molar-refractivity contribution in [1.29, 1.82) is 0 Å². The van der Waals surface area contributed by atoms with E-state index in [-0.39, 0.29) is 5.76 Å². The van der Waals surface area contributed by atoms with Gasteiger partial charge >= 0.3 is 12.4 Å². The van der Waals surface area contributed by atoms with Crippen molar-refractivity contribution in [3.8, 4) is 0 Å². The molecule has 0 aromatic rings. The van der Waals surface area contributed by atoms with E-state index < -0.39 is 31.3 Å². The molecular weight excluding hydrogens is 254 g/mol. The lowest BCUT2D eigenvalue weighted by Gasteiger charge is -2.11. The second-order valence-electron chi connectivity index (χ2n) is 3.03. The summed E-state index contributed by atoms with van der Waals surface area (Å²) in [7, 11) is 0. The Kier molecular flexibility index (Phi) is 5.37. The molecule has 0 aliphatic rings. The Labute approximate surface area is 93.5 Å². The molecule has 0 amide bonds. The molecule has 0 aromatic carbocycles. The summed E-state index contributed by atoms with van der Waals surface area (Å²) in [5.74, 6) is -0.670. The minimum absolute atomic E-state index is 0.241. The largest absolute Gasteiger partial charge is 0.489 e. The zero-order valence-corrected chi connectivity index (χ0v) is 8.78. The van der Waals surface area contributed by atoms with Gasteiger partial charge in [0.1, 0.15) is 5.76 Å². The van der Waals surface area contributed by atoms with E-state index in [1.54, 1.807) is 0 Å². The maximum Gasteiger partial charge on any atom is 0.422 e. The molecule has 0 aromatic heterocycles. The summed E-state index contributed by atoms with van der Waals surface area (Å²) in [5, 5.41) is 0. The molecule has 0 radical (unpaired) electrons. The van der Waals surface area contributed by atoms with Crippen molar-refractivity contribution in [2.45, 2.75) is 19.3 Å². The van der Waals surface area contributed by atoms with Gasteiger partial charge in [-0.05, 0) is 6.92 Å². The molecule has 0 fully saturated rings. The normalized spacial score (nSPS) is 13.5. The van der Waals surface area contributed by atoms with Crippen molar-refractivity contribution in [2.75, 3.05) is 13.2 Å². The highest BCUT2D eigenvalue weighted by Crippen LogP contribution is 2.18. The molecule has 0 heterocycles. The SMILES string of the molecule is C=C(/C=C(\C)OCC(F)(F)F)OCC(F)(F)F. The number of hydrogen-bond acceptors (Lipinski definition) is 2. The smallest absolute Gasteiger partial charge is 0.422 e. The van der Waals surface area contributed by atoms with Gasteiger partial charge in [-0.15, -0.1) is 0 Å². The zero-order valence-electron chi connectivity index (χ0n) is 8.78. The maximum absolute atomic E-state index is 11.7. The first kappa shape index (κ1) is 15.7. The summed E-state index contributed by atoms with van der Waals surface area (Å²) in [5.41, 5.74) is 0. The number of ether oxygens (including phenoxy) is 2. The van der Waals surface area contributed by atoms with E-state index in [4.69, 9.17) is 0 Å². The van der Waals surface area contributed by atoms with Crippen LogP contribution in [0.3, 0.4) is 0 Å². The quantitative estimate of drug-likeness (QED) is 0.429. The number of allylic oxidation sites excluding steroid dienone is 2. The second kappa shape index (κ2) is 5.83. The zero-order chi connectivity index (χ0) is 13.7. The Bertz CT molecular complexity index is 289. The maximum atomic E-state index is 11.7. The summed E-state index contributed by atoms with van der Waals surface area (Å²) in [6, 6.07) is 0. The number of hydrogen-bond donors (Lipinski definition) is 0. The molecule has 0 unspecified atom stereocenters. The van der Waals surface area contributed by atoms with E-state index in [0.29, 0.717) is 0 Å². The first-order valence-corrected chi connectivity index (χ1v) is 4.26. The lowest BCUT2D eigenvalue weighted by atomic mass is 10.4. The van der Waals surface area contributed by atoms with Crippen LogP contribution in [0.1, 0.15) is 6.92 Å². The van der Waals surface area contributed by atoms with Gasteiger partial charge in [0.2, 0.25) is 0 Å². The van der Waals surface area contributed by atoms with Crippen LogP contribution < -0.4 is 0 Å². The van der Waals surface area contributed by atoms with Gasteiger partial charge in [-0.25, -0.2) is 0 Å². The molecule has 0 aliphatic carbocycles. The van der Waals surface area contributed by atoms with E-state index in [1.807, 2.05) is 0 Å². The Hall–Kier alpha value is -1.34. The van der Waals surface area contributed by atoms with Crippen LogP contribution in [0.2, 0.25) is 0 Å². The molecular formula is C9H10F6O2. The number of alkyl halides is 6. The van der Waals surface area contributed by atoms with Crippen LogP contribution in [0.25, 0.3) is 0 Å². The summed E-state index contributed by atoms with van der Waals surface area (Å²) in [6.07, 6.45) is -8.20. The number of rotatable bonds is 5.